The molecule has 0 bridgehead atoms. The first-order chi connectivity index (χ1) is 6.24. The monoisotopic (exact) mass is 192 g/mol. The van der Waals surface area contributed by atoms with E-state index in [9.17, 15) is 4.79 Å². The number of hydrogen-bond acceptors (Lipinski definition) is 1. The van der Waals surface area contributed by atoms with E-state index >= 15 is 0 Å². The van der Waals surface area contributed by atoms with Gasteiger partial charge < -0.3 is 0 Å². The van der Waals surface area contributed by atoms with Gasteiger partial charge in [0.1, 0.15) is 0 Å². The molecule has 1 nitrogen and oxygen atoms in total. The Kier molecular flexibility index (Phi) is 3.77. The molecule has 0 aliphatic rings. The van der Waals surface area contributed by atoms with E-state index in [2.05, 4.69) is 25.6 Å². The van der Waals surface area contributed by atoms with Crippen molar-refractivity contribution >= 4 is 23.8 Å². The fourth-order valence-corrected chi connectivity index (χ4v) is 1.25. The molecule has 0 spiro atoms. The molecule has 1 aromatic carbocycles. The van der Waals surface area contributed by atoms with Gasteiger partial charge in [-0.2, -0.15) is 0 Å². The first-order valence-corrected chi connectivity index (χ1v) is 4.67. The Morgan fingerprint density at radius 1 is 1.46 bits per heavy atom. The molecule has 0 atom stereocenters. The van der Waals surface area contributed by atoms with E-state index in [-0.39, 0.29) is 5.12 Å². The lowest BCUT2D eigenvalue weighted by Crippen LogP contribution is -1.85. The fraction of sp³-hybridized carbons (Fsp3) is 0.182. The summed E-state index contributed by atoms with van der Waals surface area (Å²) in [6.07, 6.45) is 4.24. The van der Waals surface area contributed by atoms with Crippen LogP contribution in [0.2, 0.25) is 0 Å². The second kappa shape index (κ2) is 4.87. The Labute approximate surface area is 83.9 Å². The molecule has 0 heterocycles. The highest BCUT2D eigenvalue weighted by Crippen LogP contribution is 2.11. The first-order valence-electron chi connectivity index (χ1n) is 4.23. The first kappa shape index (κ1) is 10.1. The fourth-order valence-electron chi connectivity index (χ4n) is 1.18. The number of rotatable bonds is 3. The van der Waals surface area contributed by atoms with Crippen LogP contribution < -0.4 is 0 Å². The van der Waals surface area contributed by atoms with Crippen LogP contribution in [0.15, 0.2) is 30.3 Å². The molecule has 0 N–H and O–H groups in total. The minimum absolute atomic E-state index is 0.217. The van der Waals surface area contributed by atoms with Crippen molar-refractivity contribution in [2.75, 3.05) is 0 Å². The summed E-state index contributed by atoms with van der Waals surface area (Å²) < 4.78 is 0. The average molecular weight is 192 g/mol. The number of aryl methyl sites for hydroxylation is 1. The van der Waals surface area contributed by atoms with E-state index in [1.54, 1.807) is 6.08 Å². The van der Waals surface area contributed by atoms with Gasteiger partial charge in [-0.15, -0.1) is 12.6 Å². The van der Waals surface area contributed by atoms with Gasteiger partial charge in [-0.3, -0.25) is 4.79 Å². The summed E-state index contributed by atoms with van der Waals surface area (Å²) in [6, 6.07) is 8.01. The van der Waals surface area contributed by atoms with Crippen LogP contribution in [0.1, 0.15) is 18.1 Å². The zero-order valence-electron chi connectivity index (χ0n) is 7.53. The summed E-state index contributed by atoms with van der Waals surface area (Å²) >= 11 is 3.67. The van der Waals surface area contributed by atoms with Crippen molar-refractivity contribution in [3.8, 4) is 0 Å². The lowest BCUT2D eigenvalue weighted by Gasteiger charge is -2.00. The molecule has 68 valence electrons. The number of carbonyl (C=O) groups is 1. The third-order valence-corrected chi connectivity index (χ3v) is 1.99. The van der Waals surface area contributed by atoms with Crippen molar-refractivity contribution in [1.29, 1.82) is 0 Å². The van der Waals surface area contributed by atoms with E-state index < -0.39 is 0 Å². The Bertz CT molecular complexity index is 329. The van der Waals surface area contributed by atoms with Crippen molar-refractivity contribution in [2.45, 2.75) is 13.3 Å². The second-order valence-electron chi connectivity index (χ2n) is 2.72. The SMILES string of the molecule is CCc1ccccc1/C=C/C(=O)S. The van der Waals surface area contributed by atoms with Crippen LogP contribution in [0, 0.1) is 0 Å². The maximum Gasteiger partial charge on any atom is 0.209 e. The van der Waals surface area contributed by atoms with E-state index in [1.165, 1.54) is 11.6 Å². The van der Waals surface area contributed by atoms with E-state index in [4.69, 9.17) is 0 Å². The zero-order valence-corrected chi connectivity index (χ0v) is 8.42. The molecule has 0 saturated carbocycles. The second-order valence-corrected chi connectivity index (χ2v) is 3.16. The third kappa shape index (κ3) is 3.07. The largest absolute Gasteiger partial charge is 0.283 e. The van der Waals surface area contributed by atoms with Crippen molar-refractivity contribution in [3.63, 3.8) is 0 Å². The highest BCUT2D eigenvalue weighted by atomic mass is 32.1. The zero-order chi connectivity index (χ0) is 9.68. The number of thiol groups is 1. The molecule has 0 saturated heterocycles. The van der Waals surface area contributed by atoms with Crippen LogP contribution in [0.4, 0.5) is 0 Å². The van der Waals surface area contributed by atoms with Crippen LogP contribution in [0.3, 0.4) is 0 Å². The Morgan fingerprint density at radius 2 is 2.15 bits per heavy atom. The maximum atomic E-state index is 10.6. The molecule has 0 aromatic heterocycles. The van der Waals surface area contributed by atoms with Crippen LogP contribution >= 0.6 is 12.6 Å². The van der Waals surface area contributed by atoms with Gasteiger partial charge in [-0.25, -0.2) is 0 Å². The van der Waals surface area contributed by atoms with Gasteiger partial charge in [0.15, 0.2) is 0 Å². The van der Waals surface area contributed by atoms with Crippen molar-refractivity contribution in [3.05, 3.63) is 41.5 Å². The molecule has 0 aliphatic heterocycles. The normalized spacial score (nSPS) is 10.6. The molecular formula is C11H12OS. The average Bonchev–Trinajstić information content (AvgIpc) is 2.15. The molecule has 1 rings (SSSR count). The quantitative estimate of drug-likeness (QED) is 0.575. The summed E-state index contributed by atoms with van der Waals surface area (Å²) in [6.45, 7) is 2.09. The Morgan fingerprint density at radius 3 is 2.77 bits per heavy atom. The summed E-state index contributed by atoms with van der Waals surface area (Å²) in [5.74, 6) is 0. The third-order valence-electron chi connectivity index (χ3n) is 1.84. The summed E-state index contributed by atoms with van der Waals surface area (Å²) in [7, 11) is 0. The van der Waals surface area contributed by atoms with Gasteiger partial charge in [0, 0.05) is 0 Å². The van der Waals surface area contributed by atoms with Crippen LogP contribution in [-0.2, 0) is 11.2 Å². The van der Waals surface area contributed by atoms with E-state index in [1.807, 2.05) is 18.2 Å². The van der Waals surface area contributed by atoms with Gasteiger partial charge in [0.2, 0.25) is 5.12 Å². The highest BCUT2D eigenvalue weighted by Gasteiger charge is 1.94. The van der Waals surface area contributed by atoms with Gasteiger partial charge in [0.05, 0.1) is 0 Å². The molecule has 13 heavy (non-hydrogen) atoms. The molecule has 0 radical (unpaired) electrons. The Balaban J connectivity index is 2.93. The molecule has 0 unspecified atom stereocenters. The molecule has 0 amide bonds. The maximum absolute atomic E-state index is 10.6. The van der Waals surface area contributed by atoms with E-state index in [0.717, 1.165) is 12.0 Å². The van der Waals surface area contributed by atoms with Gasteiger partial charge >= 0.3 is 0 Å². The molecule has 0 aliphatic carbocycles. The van der Waals surface area contributed by atoms with Gasteiger partial charge in [-0.1, -0.05) is 37.3 Å². The minimum Gasteiger partial charge on any atom is -0.283 e. The topological polar surface area (TPSA) is 17.1 Å². The predicted octanol–water partition coefficient (Wildman–Crippen LogP) is 2.72. The summed E-state index contributed by atoms with van der Waals surface area (Å²) in [4.78, 5) is 10.6. The Hall–Kier alpha value is -1.02. The molecular weight excluding hydrogens is 180 g/mol. The lowest BCUT2D eigenvalue weighted by atomic mass is 10.1. The van der Waals surface area contributed by atoms with Crippen molar-refractivity contribution in [1.82, 2.24) is 0 Å². The smallest absolute Gasteiger partial charge is 0.209 e. The highest BCUT2D eigenvalue weighted by molar-refractivity contribution is 7.97. The predicted molar refractivity (Wildman–Crippen MR) is 58.8 cm³/mol. The van der Waals surface area contributed by atoms with Crippen molar-refractivity contribution in [2.24, 2.45) is 0 Å². The number of benzene rings is 1. The standard InChI is InChI=1S/C11H12OS/c1-2-9-5-3-4-6-10(9)7-8-11(12)13/h3-8H,2H2,1H3,(H,12,13)/b8-7+. The number of hydrogen-bond donors (Lipinski definition) is 1. The van der Waals surface area contributed by atoms with Crippen LogP contribution in [0.25, 0.3) is 6.08 Å². The van der Waals surface area contributed by atoms with E-state index in [0.29, 0.717) is 0 Å². The molecule has 1 aromatic rings. The van der Waals surface area contributed by atoms with Crippen molar-refractivity contribution < 1.29 is 4.79 Å². The summed E-state index contributed by atoms with van der Waals surface area (Å²) in [5.41, 5.74) is 2.33. The summed E-state index contributed by atoms with van der Waals surface area (Å²) in [5, 5.41) is -0.217. The lowest BCUT2D eigenvalue weighted by molar-refractivity contribution is -0.106. The number of carbonyl (C=O) groups excluding carboxylic acids is 1. The van der Waals surface area contributed by atoms with Gasteiger partial charge in [0.25, 0.3) is 0 Å². The molecule has 2 heteroatoms. The van der Waals surface area contributed by atoms with Gasteiger partial charge in [-0.05, 0) is 23.6 Å². The molecule has 0 fully saturated rings. The van der Waals surface area contributed by atoms with Crippen LogP contribution in [0.5, 0.6) is 0 Å². The minimum atomic E-state index is -0.217. The van der Waals surface area contributed by atoms with Crippen LogP contribution in [-0.4, -0.2) is 5.12 Å².